The van der Waals surface area contributed by atoms with E-state index in [1.807, 2.05) is 0 Å². The Kier molecular flexibility index (Phi) is 4.33. The summed E-state index contributed by atoms with van der Waals surface area (Å²) >= 11 is 5.82. The summed E-state index contributed by atoms with van der Waals surface area (Å²) in [5, 5.41) is 15.3. The van der Waals surface area contributed by atoms with Crippen molar-refractivity contribution in [2.24, 2.45) is 0 Å². The van der Waals surface area contributed by atoms with Gasteiger partial charge in [-0.15, -0.1) is 6.58 Å². The van der Waals surface area contributed by atoms with E-state index >= 15 is 0 Å². The molecule has 1 heterocycles. The molecule has 0 fully saturated rings. The first-order valence-corrected chi connectivity index (χ1v) is 4.79. The average Bonchev–Trinajstić information content (AvgIpc) is 2.24. The van der Waals surface area contributed by atoms with Crippen molar-refractivity contribution in [1.82, 2.24) is 9.78 Å². The van der Waals surface area contributed by atoms with E-state index in [0.717, 1.165) is 0 Å². The Bertz CT molecular complexity index is 403. The summed E-state index contributed by atoms with van der Waals surface area (Å²) < 4.78 is 1.21. The molecule has 2 N–H and O–H groups in total. The number of nitrogens with zero attached hydrogens (tertiary/aromatic N) is 2. The van der Waals surface area contributed by atoms with Crippen LogP contribution >= 0.6 is 11.6 Å². The van der Waals surface area contributed by atoms with Crippen LogP contribution in [-0.4, -0.2) is 28.0 Å². The quantitative estimate of drug-likeness (QED) is 0.721. The first kappa shape index (κ1) is 11.7. The Hall–Kier alpha value is -1.33. The molecule has 0 radical (unpaired) electrons. The summed E-state index contributed by atoms with van der Waals surface area (Å²) in [6.07, 6.45) is 3.01. The zero-order valence-electron chi connectivity index (χ0n) is 8.11. The van der Waals surface area contributed by atoms with Gasteiger partial charge in [-0.1, -0.05) is 17.7 Å². The summed E-state index contributed by atoms with van der Waals surface area (Å²) in [5.74, 6) is 0. The molecule has 0 saturated carbocycles. The second kappa shape index (κ2) is 5.53. The van der Waals surface area contributed by atoms with Gasteiger partial charge in [-0.3, -0.25) is 4.79 Å². The molecule has 0 atom stereocenters. The van der Waals surface area contributed by atoms with Crippen molar-refractivity contribution in [3.8, 4) is 0 Å². The van der Waals surface area contributed by atoms with Gasteiger partial charge in [-0.05, 0) is 0 Å². The Morgan fingerprint density at radius 3 is 3.07 bits per heavy atom. The molecule has 0 amide bonds. The molecule has 0 aromatic carbocycles. The molecule has 1 aromatic heterocycles. The summed E-state index contributed by atoms with van der Waals surface area (Å²) in [6, 6.07) is 0. The van der Waals surface area contributed by atoms with Crippen molar-refractivity contribution < 1.29 is 5.11 Å². The fourth-order valence-corrected chi connectivity index (χ4v) is 1.24. The van der Waals surface area contributed by atoms with Crippen LogP contribution in [0.1, 0.15) is 0 Å². The van der Waals surface area contributed by atoms with E-state index in [0.29, 0.717) is 18.8 Å². The van der Waals surface area contributed by atoms with E-state index in [4.69, 9.17) is 16.7 Å². The second-order valence-corrected chi connectivity index (χ2v) is 3.18. The molecule has 1 rings (SSSR count). The minimum Gasteiger partial charge on any atom is -0.395 e. The van der Waals surface area contributed by atoms with Crippen LogP contribution in [0.25, 0.3) is 0 Å². The van der Waals surface area contributed by atoms with E-state index in [1.54, 1.807) is 6.08 Å². The number of nitrogens with one attached hydrogen (secondary N) is 1. The third-order valence-electron chi connectivity index (χ3n) is 1.71. The van der Waals surface area contributed by atoms with Gasteiger partial charge in [0.25, 0.3) is 5.56 Å². The van der Waals surface area contributed by atoms with E-state index < -0.39 is 0 Å². The van der Waals surface area contributed by atoms with Crippen LogP contribution in [0.3, 0.4) is 0 Å². The lowest BCUT2D eigenvalue weighted by Crippen LogP contribution is -2.24. The standard InChI is InChI=1S/C9H12ClN3O2/c1-2-4-13-9(15)8(10)7(6-12-13)11-3-5-14/h2,6,11,14H,1,3-5H2. The number of halogens is 1. The lowest BCUT2D eigenvalue weighted by atomic mass is 10.4. The molecule has 0 spiro atoms. The smallest absolute Gasteiger partial charge is 0.287 e. The number of aliphatic hydroxyl groups excluding tert-OH is 1. The number of aliphatic hydroxyl groups is 1. The zero-order chi connectivity index (χ0) is 11.3. The molecular weight excluding hydrogens is 218 g/mol. The van der Waals surface area contributed by atoms with E-state index in [2.05, 4.69) is 17.0 Å². The highest BCUT2D eigenvalue weighted by Crippen LogP contribution is 2.14. The molecule has 5 nitrogen and oxygen atoms in total. The molecular formula is C9H12ClN3O2. The van der Waals surface area contributed by atoms with Gasteiger partial charge in [-0.2, -0.15) is 5.10 Å². The predicted octanol–water partition coefficient (Wildman–Crippen LogP) is 0.487. The lowest BCUT2D eigenvalue weighted by molar-refractivity contribution is 0.311. The minimum atomic E-state index is -0.375. The minimum absolute atomic E-state index is 0.0356. The number of allylic oxidation sites excluding steroid dienone is 1. The van der Waals surface area contributed by atoms with Crippen LogP contribution in [0.15, 0.2) is 23.6 Å². The van der Waals surface area contributed by atoms with Crippen LogP contribution in [0.4, 0.5) is 5.69 Å². The SMILES string of the molecule is C=CCn1ncc(NCCO)c(Cl)c1=O. The monoisotopic (exact) mass is 229 g/mol. The van der Waals surface area contributed by atoms with Crippen LogP contribution < -0.4 is 10.9 Å². The van der Waals surface area contributed by atoms with Crippen molar-refractivity contribution in [3.63, 3.8) is 0 Å². The van der Waals surface area contributed by atoms with Crippen molar-refractivity contribution >= 4 is 17.3 Å². The van der Waals surface area contributed by atoms with Gasteiger partial charge in [0.15, 0.2) is 0 Å². The highest BCUT2D eigenvalue weighted by atomic mass is 35.5. The van der Waals surface area contributed by atoms with E-state index in [9.17, 15) is 4.79 Å². The third kappa shape index (κ3) is 2.81. The highest BCUT2D eigenvalue weighted by Gasteiger charge is 2.07. The normalized spacial score (nSPS) is 10.0. The number of hydrogen-bond donors (Lipinski definition) is 2. The lowest BCUT2D eigenvalue weighted by Gasteiger charge is -2.07. The van der Waals surface area contributed by atoms with Gasteiger partial charge >= 0.3 is 0 Å². The van der Waals surface area contributed by atoms with E-state index in [1.165, 1.54) is 10.9 Å². The second-order valence-electron chi connectivity index (χ2n) is 2.80. The largest absolute Gasteiger partial charge is 0.395 e. The molecule has 1 aromatic rings. The molecule has 0 bridgehead atoms. The molecule has 0 saturated heterocycles. The molecule has 0 aliphatic carbocycles. The summed E-state index contributed by atoms with van der Waals surface area (Å²) in [6.45, 7) is 4.12. The average molecular weight is 230 g/mol. The van der Waals surface area contributed by atoms with Crippen molar-refractivity contribution in [2.45, 2.75) is 6.54 Å². The number of hydrogen-bond acceptors (Lipinski definition) is 4. The van der Waals surface area contributed by atoms with Crippen molar-refractivity contribution in [1.29, 1.82) is 0 Å². The fraction of sp³-hybridized carbons (Fsp3) is 0.333. The van der Waals surface area contributed by atoms with Crippen molar-refractivity contribution in [3.05, 3.63) is 34.2 Å². The maximum Gasteiger partial charge on any atom is 0.287 e. The van der Waals surface area contributed by atoms with Gasteiger partial charge < -0.3 is 10.4 Å². The molecule has 0 aliphatic heterocycles. The third-order valence-corrected chi connectivity index (χ3v) is 2.08. The summed E-state index contributed by atoms with van der Waals surface area (Å²) in [5.41, 5.74) is 0.0514. The Morgan fingerprint density at radius 2 is 2.47 bits per heavy atom. The highest BCUT2D eigenvalue weighted by molar-refractivity contribution is 6.32. The van der Waals surface area contributed by atoms with Crippen LogP contribution in [0.5, 0.6) is 0 Å². The number of rotatable bonds is 5. The van der Waals surface area contributed by atoms with Gasteiger partial charge in [0.2, 0.25) is 0 Å². The predicted molar refractivity (Wildman–Crippen MR) is 59.3 cm³/mol. The maximum atomic E-state index is 11.6. The topological polar surface area (TPSA) is 67.2 Å². The zero-order valence-corrected chi connectivity index (χ0v) is 8.87. The van der Waals surface area contributed by atoms with Gasteiger partial charge in [0.05, 0.1) is 25.0 Å². The molecule has 6 heteroatoms. The van der Waals surface area contributed by atoms with E-state index in [-0.39, 0.29) is 17.2 Å². The molecule has 82 valence electrons. The Balaban J connectivity index is 2.99. The summed E-state index contributed by atoms with van der Waals surface area (Å²) in [7, 11) is 0. The number of aromatic nitrogens is 2. The van der Waals surface area contributed by atoms with Crippen LogP contribution in [-0.2, 0) is 6.54 Å². The molecule has 0 unspecified atom stereocenters. The van der Waals surface area contributed by atoms with Gasteiger partial charge in [-0.25, -0.2) is 4.68 Å². The maximum absolute atomic E-state index is 11.6. The fourth-order valence-electron chi connectivity index (χ4n) is 1.03. The van der Waals surface area contributed by atoms with Gasteiger partial charge in [0.1, 0.15) is 5.02 Å². The first-order valence-electron chi connectivity index (χ1n) is 4.42. The summed E-state index contributed by atoms with van der Waals surface area (Å²) in [4.78, 5) is 11.6. The number of anilines is 1. The van der Waals surface area contributed by atoms with Gasteiger partial charge in [0, 0.05) is 6.54 Å². The Morgan fingerprint density at radius 1 is 1.73 bits per heavy atom. The molecule has 0 aliphatic rings. The first-order chi connectivity index (χ1) is 7.20. The van der Waals surface area contributed by atoms with Crippen LogP contribution in [0, 0.1) is 0 Å². The molecule has 15 heavy (non-hydrogen) atoms. The van der Waals surface area contributed by atoms with Crippen molar-refractivity contribution in [2.75, 3.05) is 18.5 Å². The van der Waals surface area contributed by atoms with Crippen LogP contribution in [0.2, 0.25) is 5.02 Å². The Labute approximate surface area is 92.0 Å².